The molecule has 0 aromatic heterocycles. The first-order chi connectivity index (χ1) is 10.1. The van der Waals surface area contributed by atoms with E-state index in [1.54, 1.807) is 6.92 Å². The van der Waals surface area contributed by atoms with E-state index in [-0.39, 0.29) is 0 Å². The minimum Gasteiger partial charge on any atom is -0.494 e. The average molecular weight is 292 g/mol. The molecule has 118 valence electrons. The van der Waals surface area contributed by atoms with Crippen LogP contribution in [0.1, 0.15) is 63.7 Å². The van der Waals surface area contributed by atoms with E-state index in [0.29, 0.717) is 19.3 Å². The maximum absolute atomic E-state index is 9.73. The van der Waals surface area contributed by atoms with Crippen LogP contribution in [-0.2, 0) is 11.3 Å². The predicted molar refractivity (Wildman–Crippen MR) is 84.5 cm³/mol. The molecule has 1 aromatic carbocycles. The number of hydrogen-bond acceptors (Lipinski definition) is 3. The van der Waals surface area contributed by atoms with Gasteiger partial charge in [0.2, 0.25) is 0 Å². The van der Waals surface area contributed by atoms with Gasteiger partial charge in [-0.05, 0) is 63.1 Å². The lowest BCUT2D eigenvalue weighted by atomic mass is 9.89. The maximum Gasteiger partial charge on any atom is 0.124 e. The molecular weight excluding hydrogens is 264 g/mol. The third-order valence-electron chi connectivity index (χ3n) is 4.30. The van der Waals surface area contributed by atoms with Crippen LogP contribution >= 0.6 is 0 Å². The molecule has 3 heteroatoms. The molecule has 1 aliphatic rings. The van der Waals surface area contributed by atoms with Crippen LogP contribution < -0.4 is 4.74 Å². The van der Waals surface area contributed by atoms with Crippen molar-refractivity contribution in [3.05, 3.63) is 29.3 Å². The summed E-state index contributed by atoms with van der Waals surface area (Å²) in [6.45, 7) is 7.28. The highest BCUT2D eigenvalue weighted by Gasteiger charge is 2.19. The van der Waals surface area contributed by atoms with Gasteiger partial charge in [-0.15, -0.1) is 0 Å². The number of aliphatic hydroxyl groups is 1. The zero-order valence-corrected chi connectivity index (χ0v) is 13.5. The van der Waals surface area contributed by atoms with Gasteiger partial charge in [0, 0.05) is 5.56 Å². The SMILES string of the molecule is CCOc1ccc(C(C)O)cc1COC1CCC(C)CC1. The van der Waals surface area contributed by atoms with Crippen LogP contribution in [0.15, 0.2) is 18.2 Å². The minimum atomic E-state index is -0.463. The molecule has 1 aromatic rings. The first-order valence-electron chi connectivity index (χ1n) is 8.15. The number of benzene rings is 1. The van der Waals surface area contributed by atoms with Crippen LogP contribution in [0.2, 0.25) is 0 Å². The Bertz CT molecular complexity index is 434. The lowest BCUT2D eigenvalue weighted by Gasteiger charge is -2.26. The van der Waals surface area contributed by atoms with Crippen molar-refractivity contribution in [1.29, 1.82) is 0 Å². The highest BCUT2D eigenvalue weighted by atomic mass is 16.5. The average Bonchev–Trinajstić information content (AvgIpc) is 2.48. The molecular formula is C18H28O3. The third-order valence-corrected chi connectivity index (χ3v) is 4.30. The number of hydrogen-bond donors (Lipinski definition) is 1. The topological polar surface area (TPSA) is 38.7 Å². The van der Waals surface area contributed by atoms with Crippen molar-refractivity contribution in [3.63, 3.8) is 0 Å². The minimum absolute atomic E-state index is 0.367. The molecule has 0 spiro atoms. The maximum atomic E-state index is 9.73. The Morgan fingerprint density at radius 3 is 2.57 bits per heavy atom. The highest BCUT2D eigenvalue weighted by Crippen LogP contribution is 2.29. The molecule has 1 N–H and O–H groups in total. The third kappa shape index (κ3) is 4.72. The Morgan fingerprint density at radius 1 is 1.24 bits per heavy atom. The Labute approximate surface area is 128 Å². The van der Waals surface area contributed by atoms with Gasteiger partial charge in [-0.2, -0.15) is 0 Å². The van der Waals surface area contributed by atoms with E-state index in [1.807, 2.05) is 25.1 Å². The van der Waals surface area contributed by atoms with Gasteiger partial charge in [-0.3, -0.25) is 0 Å². The lowest BCUT2D eigenvalue weighted by molar-refractivity contribution is 0.00780. The second-order valence-electron chi connectivity index (χ2n) is 6.17. The second kappa shape index (κ2) is 7.81. The molecule has 1 atom stereocenters. The van der Waals surface area contributed by atoms with E-state index in [2.05, 4.69) is 6.92 Å². The summed E-state index contributed by atoms with van der Waals surface area (Å²) in [7, 11) is 0. The zero-order chi connectivity index (χ0) is 15.2. The van der Waals surface area contributed by atoms with Crippen molar-refractivity contribution in [3.8, 4) is 5.75 Å². The fraction of sp³-hybridized carbons (Fsp3) is 0.667. The summed E-state index contributed by atoms with van der Waals surface area (Å²) in [5, 5.41) is 9.73. The Balaban J connectivity index is 2.00. The molecule has 1 fully saturated rings. The second-order valence-corrected chi connectivity index (χ2v) is 6.17. The van der Waals surface area contributed by atoms with Gasteiger partial charge in [-0.25, -0.2) is 0 Å². The van der Waals surface area contributed by atoms with Gasteiger partial charge in [0.1, 0.15) is 5.75 Å². The Morgan fingerprint density at radius 2 is 1.95 bits per heavy atom. The molecule has 1 saturated carbocycles. The smallest absolute Gasteiger partial charge is 0.124 e. The summed E-state index contributed by atoms with van der Waals surface area (Å²) in [5.41, 5.74) is 1.95. The molecule has 0 heterocycles. The van der Waals surface area contributed by atoms with Crippen molar-refractivity contribution in [2.45, 2.75) is 65.3 Å². The summed E-state index contributed by atoms with van der Waals surface area (Å²) in [5.74, 6) is 1.70. The number of ether oxygens (including phenoxy) is 2. The van der Waals surface area contributed by atoms with E-state index in [4.69, 9.17) is 9.47 Å². The summed E-state index contributed by atoms with van der Waals surface area (Å²) in [6, 6.07) is 5.86. The summed E-state index contributed by atoms with van der Waals surface area (Å²) in [6.07, 6.45) is 4.73. The van der Waals surface area contributed by atoms with Gasteiger partial charge in [-0.1, -0.05) is 13.0 Å². The molecule has 3 nitrogen and oxygen atoms in total. The molecule has 0 radical (unpaired) electrons. The molecule has 21 heavy (non-hydrogen) atoms. The first-order valence-corrected chi connectivity index (χ1v) is 8.15. The first kappa shape index (κ1) is 16.3. The van der Waals surface area contributed by atoms with Crippen LogP contribution in [-0.4, -0.2) is 17.8 Å². The predicted octanol–water partition coefficient (Wildman–Crippen LogP) is 4.23. The number of rotatable bonds is 6. The quantitative estimate of drug-likeness (QED) is 0.852. The number of aliphatic hydroxyl groups excluding tert-OH is 1. The van der Waals surface area contributed by atoms with E-state index < -0.39 is 6.10 Å². The fourth-order valence-electron chi connectivity index (χ4n) is 2.87. The van der Waals surface area contributed by atoms with Crippen molar-refractivity contribution < 1.29 is 14.6 Å². The van der Waals surface area contributed by atoms with Gasteiger partial charge in [0.05, 0.1) is 25.4 Å². The van der Waals surface area contributed by atoms with Gasteiger partial charge in [0.15, 0.2) is 0 Å². The standard InChI is InChI=1S/C18H28O3/c1-4-20-18-10-7-15(14(3)19)11-16(18)12-21-17-8-5-13(2)6-9-17/h7,10-11,13-14,17,19H,4-6,8-9,12H2,1-3H3. The summed E-state index contributed by atoms with van der Waals surface area (Å²) in [4.78, 5) is 0. The van der Waals surface area contributed by atoms with Gasteiger partial charge >= 0.3 is 0 Å². The van der Waals surface area contributed by atoms with Gasteiger partial charge < -0.3 is 14.6 Å². The molecule has 2 rings (SSSR count). The molecule has 0 aliphatic heterocycles. The summed E-state index contributed by atoms with van der Waals surface area (Å²) < 4.78 is 11.7. The van der Waals surface area contributed by atoms with Crippen molar-refractivity contribution >= 4 is 0 Å². The zero-order valence-electron chi connectivity index (χ0n) is 13.5. The van der Waals surface area contributed by atoms with Crippen LogP contribution in [0.5, 0.6) is 5.75 Å². The Kier molecular flexibility index (Phi) is 6.07. The van der Waals surface area contributed by atoms with Crippen molar-refractivity contribution in [1.82, 2.24) is 0 Å². The van der Waals surface area contributed by atoms with Crippen LogP contribution in [0.4, 0.5) is 0 Å². The van der Waals surface area contributed by atoms with E-state index in [9.17, 15) is 5.11 Å². The molecule has 1 aliphatic carbocycles. The van der Waals surface area contributed by atoms with Crippen LogP contribution in [0.3, 0.4) is 0 Å². The summed E-state index contributed by atoms with van der Waals surface area (Å²) >= 11 is 0. The van der Waals surface area contributed by atoms with E-state index in [0.717, 1.165) is 35.6 Å². The Hall–Kier alpha value is -1.06. The monoisotopic (exact) mass is 292 g/mol. The molecule has 0 saturated heterocycles. The largest absolute Gasteiger partial charge is 0.494 e. The van der Waals surface area contributed by atoms with E-state index >= 15 is 0 Å². The van der Waals surface area contributed by atoms with Gasteiger partial charge in [0.25, 0.3) is 0 Å². The fourth-order valence-corrected chi connectivity index (χ4v) is 2.87. The van der Waals surface area contributed by atoms with Crippen LogP contribution in [0.25, 0.3) is 0 Å². The van der Waals surface area contributed by atoms with Crippen molar-refractivity contribution in [2.24, 2.45) is 5.92 Å². The molecule has 0 amide bonds. The normalized spacial score (nSPS) is 23.8. The van der Waals surface area contributed by atoms with Crippen molar-refractivity contribution in [2.75, 3.05) is 6.61 Å². The molecule has 1 unspecified atom stereocenters. The molecule has 0 bridgehead atoms. The van der Waals surface area contributed by atoms with E-state index in [1.165, 1.54) is 12.8 Å². The van der Waals surface area contributed by atoms with Crippen LogP contribution in [0, 0.1) is 5.92 Å². The highest BCUT2D eigenvalue weighted by molar-refractivity contribution is 5.37. The lowest BCUT2D eigenvalue weighted by Crippen LogP contribution is -2.20.